The van der Waals surface area contributed by atoms with Crippen molar-refractivity contribution in [3.8, 4) is 5.75 Å². The maximum absolute atomic E-state index is 13.1. The average molecular weight is 418 g/mol. The molecular formula is C26H31N3O2. The number of phenolic OH excluding ortho intramolecular Hbond substituents is 1. The number of nitrogens with zero attached hydrogens (tertiary/aromatic N) is 3. The Morgan fingerprint density at radius 1 is 0.935 bits per heavy atom. The van der Waals surface area contributed by atoms with Gasteiger partial charge in [-0.25, -0.2) is 0 Å². The Morgan fingerprint density at radius 2 is 1.61 bits per heavy atom. The highest BCUT2D eigenvalue weighted by atomic mass is 16.3. The average Bonchev–Trinajstić information content (AvgIpc) is 3.07. The number of hydrogen-bond donors (Lipinski definition) is 1. The van der Waals surface area contributed by atoms with Gasteiger partial charge in [-0.05, 0) is 56.2 Å². The molecule has 1 saturated heterocycles. The summed E-state index contributed by atoms with van der Waals surface area (Å²) in [5.41, 5.74) is 5.50. The normalized spacial score (nSPS) is 14.7. The van der Waals surface area contributed by atoms with Crippen LogP contribution in [0.5, 0.6) is 5.75 Å². The van der Waals surface area contributed by atoms with E-state index in [0.717, 1.165) is 61.8 Å². The van der Waals surface area contributed by atoms with Crippen LogP contribution in [0.3, 0.4) is 0 Å². The molecule has 0 aliphatic carbocycles. The number of anilines is 1. The van der Waals surface area contributed by atoms with Crippen molar-refractivity contribution in [2.45, 2.75) is 26.8 Å². The van der Waals surface area contributed by atoms with Gasteiger partial charge in [0.25, 0.3) is 0 Å². The first-order chi connectivity index (χ1) is 15.0. The number of carbonyl (C=O) groups excluding carboxylic acids is 1. The first kappa shape index (κ1) is 21.2. The van der Waals surface area contributed by atoms with E-state index in [9.17, 15) is 9.90 Å². The van der Waals surface area contributed by atoms with E-state index in [1.54, 1.807) is 12.1 Å². The summed E-state index contributed by atoms with van der Waals surface area (Å²) in [6.45, 7) is 8.99. The fourth-order valence-corrected chi connectivity index (χ4v) is 4.43. The highest BCUT2D eigenvalue weighted by Crippen LogP contribution is 2.21. The fraction of sp³-hybridized carbons (Fsp3) is 0.346. The second kappa shape index (κ2) is 9.40. The predicted molar refractivity (Wildman–Crippen MR) is 125 cm³/mol. The zero-order valence-electron chi connectivity index (χ0n) is 18.4. The quantitative estimate of drug-likeness (QED) is 0.589. The second-order valence-corrected chi connectivity index (χ2v) is 8.37. The molecule has 31 heavy (non-hydrogen) atoms. The van der Waals surface area contributed by atoms with E-state index in [0.29, 0.717) is 6.54 Å². The third-order valence-electron chi connectivity index (χ3n) is 6.30. The van der Waals surface area contributed by atoms with Crippen LogP contribution in [0.2, 0.25) is 0 Å². The third-order valence-corrected chi connectivity index (χ3v) is 6.30. The molecule has 3 aromatic rings. The molecule has 0 spiro atoms. The molecule has 1 aromatic heterocycles. The maximum Gasteiger partial charge on any atom is 0.178 e. The number of aromatic nitrogens is 1. The minimum Gasteiger partial charge on any atom is -0.508 e. The van der Waals surface area contributed by atoms with Crippen LogP contribution in [0.15, 0.2) is 60.7 Å². The molecule has 0 amide bonds. The summed E-state index contributed by atoms with van der Waals surface area (Å²) in [6.07, 6.45) is 0.962. The summed E-state index contributed by atoms with van der Waals surface area (Å²) in [4.78, 5) is 17.6. The minimum atomic E-state index is 0.206. The number of Topliss-reactive ketones (excluding diaryl/α,β-unsaturated/α-hetero) is 1. The molecule has 1 N–H and O–H groups in total. The highest BCUT2D eigenvalue weighted by Gasteiger charge is 2.22. The number of piperazine rings is 1. The number of carbonyl (C=O) groups is 1. The highest BCUT2D eigenvalue weighted by molar-refractivity contribution is 5.99. The van der Waals surface area contributed by atoms with Crippen molar-refractivity contribution < 1.29 is 9.90 Å². The lowest BCUT2D eigenvalue weighted by molar-refractivity contribution is 0.0925. The number of aryl methyl sites for hydroxylation is 2. The SMILES string of the molecule is Cc1cc(C(=O)CN2CCN(c3ccc(O)cc3)CC2)c(C)n1CCc1ccccc1. The van der Waals surface area contributed by atoms with E-state index in [-0.39, 0.29) is 11.5 Å². The minimum absolute atomic E-state index is 0.206. The molecule has 5 heteroatoms. The van der Waals surface area contributed by atoms with Crippen molar-refractivity contribution in [1.82, 2.24) is 9.47 Å². The van der Waals surface area contributed by atoms with Gasteiger partial charge in [0.1, 0.15) is 5.75 Å². The van der Waals surface area contributed by atoms with Crippen LogP contribution in [-0.2, 0) is 13.0 Å². The van der Waals surface area contributed by atoms with Gasteiger partial charge in [-0.2, -0.15) is 0 Å². The summed E-state index contributed by atoms with van der Waals surface area (Å²) >= 11 is 0. The van der Waals surface area contributed by atoms with Gasteiger partial charge in [0.2, 0.25) is 0 Å². The van der Waals surface area contributed by atoms with E-state index in [1.807, 2.05) is 18.2 Å². The maximum atomic E-state index is 13.1. The van der Waals surface area contributed by atoms with Gasteiger partial charge in [-0.1, -0.05) is 30.3 Å². The van der Waals surface area contributed by atoms with Crippen LogP contribution in [0.25, 0.3) is 0 Å². The molecule has 1 aliphatic heterocycles. The first-order valence-corrected chi connectivity index (χ1v) is 11.0. The summed E-state index contributed by atoms with van der Waals surface area (Å²) < 4.78 is 2.27. The summed E-state index contributed by atoms with van der Waals surface area (Å²) in [5, 5.41) is 9.47. The van der Waals surface area contributed by atoms with E-state index in [4.69, 9.17) is 0 Å². The van der Waals surface area contributed by atoms with Gasteiger partial charge < -0.3 is 14.6 Å². The Kier molecular flexibility index (Phi) is 6.42. The standard InChI is InChI=1S/C26H31N3O2/c1-20-18-25(21(2)29(20)13-12-22-6-4-3-5-7-22)26(31)19-27-14-16-28(17-15-27)23-8-10-24(30)11-9-23/h3-11,18,30H,12-17,19H2,1-2H3. The topological polar surface area (TPSA) is 48.7 Å². The Hall–Kier alpha value is -3.05. The zero-order chi connectivity index (χ0) is 21.8. The largest absolute Gasteiger partial charge is 0.508 e. The summed E-state index contributed by atoms with van der Waals surface area (Å²) in [5.74, 6) is 0.492. The Balaban J connectivity index is 1.34. The third kappa shape index (κ3) is 5.00. The van der Waals surface area contributed by atoms with Crippen LogP contribution in [0, 0.1) is 13.8 Å². The molecule has 0 radical (unpaired) electrons. The molecule has 2 aromatic carbocycles. The number of aromatic hydroxyl groups is 1. The lowest BCUT2D eigenvalue weighted by Gasteiger charge is -2.35. The molecule has 2 heterocycles. The van der Waals surface area contributed by atoms with Crippen molar-refractivity contribution in [1.29, 1.82) is 0 Å². The van der Waals surface area contributed by atoms with Crippen molar-refractivity contribution in [3.05, 3.63) is 83.2 Å². The van der Waals surface area contributed by atoms with E-state index in [1.165, 1.54) is 5.56 Å². The van der Waals surface area contributed by atoms with Crippen molar-refractivity contribution in [3.63, 3.8) is 0 Å². The van der Waals surface area contributed by atoms with Crippen molar-refractivity contribution in [2.24, 2.45) is 0 Å². The zero-order valence-corrected chi connectivity index (χ0v) is 18.4. The molecule has 5 nitrogen and oxygen atoms in total. The predicted octanol–water partition coefficient (Wildman–Crippen LogP) is 4.06. The van der Waals surface area contributed by atoms with E-state index in [2.05, 4.69) is 58.5 Å². The number of benzene rings is 2. The molecule has 4 rings (SSSR count). The first-order valence-electron chi connectivity index (χ1n) is 11.0. The van der Waals surface area contributed by atoms with Gasteiger partial charge in [-0.3, -0.25) is 9.69 Å². The lowest BCUT2D eigenvalue weighted by Crippen LogP contribution is -2.48. The molecule has 162 valence electrons. The van der Waals surface area contributed by atoms with Gasteiger partial charge >= 0.3 is 0 Å². The second-order valence-electron chi connectivity index (χ2n) is 8.37. The van der Waals surface area contributed by atoms with E-state index >= 15 is 0 Å². The Bertz CT molecular complexity index is 1020. The van der Waals surface area contributed by atoms with Crippen LogP contribution in [0.1, 0.15) is 27.3 Å². The van der Waals surface area contributed by atoms with Crippen molar-refractivity contribution in [2.75, 3.05) is 37.6 Å². The summed E-state index contributed by atoms with van der Waals surface area (Å²) in [6, 6.07) is 19.9. The molecule has 0 atom stereocenters. The molecule has 1 fully saturated rings. The van der Waals surface area contributed by atoms with Crippen LogP contribution in [0.4, 0.5) is 5.69 Å². The smallest absolute Gasteiger partial charge is 0.178 e. The number of rotatable bonds is 7. The fourth-order valence-electron chi connectivity index (χ4n) is 4.43. The van der Waals surface area contributed by atoms with Crippen LogP contribution >= 0.6 is 0 Å². The molecular weight excluding hydrogens is 386 g/mol. The molecule has 0 unspecified atom stereocenters. The molecule has 0 saturated carbocycles. The Labute approximate surface area is 184 Å². The van der Waals surface area contributed by atoms with Gasteiger partial charge in [0.05, 0.1) is 6.54 Å². The van der Waals surface area contributed by atoms with E-state index < -0.39 is 0 Å². The molecule has 1 aliphatic rings. The number of ketones is 1. The monoisotopic (exact) mass is 417 g/mol. The van der Waals surface area contributed by atoms with Crippen LogP contribution in [-0.4, -0.2) is 53.1 Å². The number of hydrogen-bond acceptors (Lipinski definition) is 4. The van der Waals surface area contributed by atoms with Crippen LogP contribution < -0.4 is 4.90 Å². The number of phenols is 1. The molecule has 0 bridgehead atoms. The van der Waals surface area contributed by atoms with Gasteiger partial charge in [-0.15, -0.1) is 0 Å². The summed E-state index contributed by atoms with van der Waals surface area (Å²) in [7, 11) is 0. The van der Waals surface area contributed by atoms with Crippen molar-refractivity contribution >= 4 is 11.5 Å². The van der Waals surface area contributed by atoms with Gasteiger partial charge in [0, 0.05) is 55.4 Å². The van der Waals surface area contributed by atoms with Gasteiger partial charge in [0.15, 0.2) is 5.78 Å². The lowest BCUT2D eigenvalue weighted by atomic mass is 10.1. The Morgan fingerprint density at radius 3 is 2.29 bits per heavy atom.